The van der Waals surface area contributed by atoms with Crippen molar-refractivity contribution in [2.45, 2.75) is 0 Å². The summed E-state index contributed by atoms with van der Waals surface area (Å²) in [6, 6.07) is 13.3. The van der Waals surface area contributed by atoms with Gasteiger partial charge in [0, 0.05) is 40.1 Å². The molecule has 0 spiro atoms. The molecule has 0 saturated heterocycles. The molecule has 0 aliphatic heterocycles. The molecule has 3 aromatic carbocycles. The van der Waals surface area contributed by atoms with E-state index >= 15 is 0 Å². The number of hydrazine groups is 1. The molecule has 0 fully saturated rings. The van der Waals surface area contributed by atoms with Crippen LogP contribution < -0.4 is 27.8 Å². The van der Waals surface area contributed by atoms with Crippen molar-refractivity contribution in [2.24, 2.45) is 5.84 Å². The first kappa shape index (κ1) is 24.3. The predicted octanol–water partition coefficient (Wildman–Crippen LogP) is 5.01. The molecule has 0 aliphatic rings. The number of H-pyrrole nitrogens is 1. The average Bonchev–Trinajstić information content (AvgIpc) is 3.40. The molecular weight excluding hydrogens is 530 g/mol. The summed E-state index contributed by atoms with van der Waals surface area (Å²) < 4.78 is 34.3. The van der Waals surface area contributed by atoms with Crippen LogP contribution in [0.5, 0.6) is 0 Å². The minimum absolute atomic E-state index is 0.0360. The second-order valence-corrected chi connectivity index (χ2v) is 9.07. The summed E-state index contributed by atoms with van der Waals surface area (Å²) in [6.45, 7) is 0. The Balaban J connectivity index is 1.70. The van der Waals surface area contributed by atoms with Gasteiger partial charge in [-0.3, -0.25) is 14.8 Å². The van der Waals surface area contributed by atoms with Crippen LogP contribution in [0.25, 0.3) is 38.7 Å². The number of benzene rings is 3. The molecule has 39 heavy (non-hydrogen) atoms. The molecule has 6 rings (SSSR count). The molecule has 3 aromatic heterocycles. The van der Waals surface area contributed by atoms with E-state index < -0.39 is 22.9 Å². The highest BCUT2D eigenvalue weighted by molar-refractivity contribution is 6.35. The highest BCUT2D eigenvalue weighted by Crippen LogP contribution is 2.36. The van der Waals surface area contributed by atoms with Gasteiger partial charge in [0.15, 0.2) is 17.2 Å². The first-order chi connectivity index (χ1) is 18.7. The number of aromatic amines is 1. The van der Waals surface area contributed by atoms with Crippen molar-refractivity contribution in [3.05, 3.63) is 111 Å². The zero-order valence-corrected chi connectivity index (χ0v) is 20.5. The minimum Gasteiger partial charge on any atom is -0.463 e. The van der Waals surface area contributed by atoms with E-state index in [1.165, 1.54) is 18.5 Å². The standard InChI is InChI=1S/C27H17ClF2N6O3/c28-17-8-15(7-13-5-6-39-25(13)17)23-24(36(32)21-10-19(30)18(29)9-20(21)31)26(37)35(27(38)34-23)22-12-33-11-14-3-1-2-4-16(14)22/h1-12H,31-32H2,(H,34,38). The van der Waals surface area contributed by atoms with Crippen LogP contribution in [0.1, 0.15) is 0 Å². The number of nitrogens with one attached hydrogen (secondary N) is 1. The minimum atomic E-state index is -1.23. The molecule has 0 unspecified atom stereocenters. The lowest BCUT2D eigenvalue weighted by molar-refractivity contribution is 0.509. The summed E-state index contributed by atoms with van der Waals surface area (Å²) in [5, 5.41) is 2.84. The third-order valence-electron chi connectivity index (χ3n) is 6.33. The van der Waals surface area contributed by atoms with Crippen LogP contribution in [0.4, 0.5) is 25.8 Å². The number of fused-ring (bicyclic) bond motifs is 2. The van der Waals surface area contributed by atoms with E-state index in [-0.39, 0.29) is 33.5 Å². The van der Waals surface area contributed by atoms with Gasteiger partial charge in [-0.1, -0.05) is 35.9 Å². The molecule has 0 amide bonds. The number of aromatic nitrogens is 3. The second-order valence-electron chi connectivity index (χ2n) is 8.67. The van der Waals surface area contributed by atoms with Crippen LogP contribution in [0.15, 0.2) is 87.3 Å². The maximum atomic E-state index is 14.2. The summed E-state index contributed by atoms with van der Waals surface area (Å²) in [4.78, 5) is 34.5. The third-order valence-corrected chi connectivity index (χ3v) is 6.61. The van der Waals surface area contributed by atoms with E-state index in [1.54, 1.807) is 42.6 Å². The lowest BCUT2D eigenvalue weighted by Crippen LogP contribution is -2.41. The normalized spacial score (nSPS) is 11.4. The largest absolute Gasteiger partial charge is 0.463 e. The van der Waals surface area contributed by atoms with Crippen LogP contribution in [0.2, 0.25) is 5.02 Å². The van der Waals surface area contributed by atoms with Gasteiger partial charge in [0.05, 0.1) is 40.2 Å². The van der Waals surface area contributed by atoms with E-state index in [2.05, 4.69) is 9.97 Å². The summed E-state index contributed by atoms with van der Waals surface area (Å²) in [5.41, 5.74) is 4.38. The summed E-state index contributed by atoms with van der Waals surface area (Å²) in [7, 11) is 0. The monoisotopic (exact) mass is 546 g/mol. The maximum Gasteiger partial charge on any atom is 0.333 e. The highest BCUT2D eigenvalue weighted by atomic mass is 35.5. The third kappa shape index (κ3) is 3.92. The SMILES string of the molecule is Nc1cc(F)c(F)cc1N(N)c1c(-c2cc(Cl)c3occc3c2)[nH]c(=O)n(-c2cncc3ccccc23)c1=O. The van der Waals surface area contributed by atoms with Gasteiger partial charge >= 0.3 is 5.69 Å². The Kier molecular flexibility index (Phi) is 5.67. The lowest BCUT2D eigenvalue weighted by Gasteiger charge is -2.23. The number of halogens is 3. The van der Waals surface area contributed by atoms with E-state index in [9.17, 15) is 18.4 Å². The number of nitrogens with two attached hydrogens (primary N) is 2. The first-order valence-corrected chi connectivity index (χ1v) is 11.8. The van der Waals surface area contributed by atoms with E-state index in [1.807, 2.05) is 0 Å². The Morgan fingerprint density at radius 3 is 2.59 bits per heavy atom. The van der Waals surface area contributed by atoms with Gasteiger partial charge in [0.1, 0.15) is 5.69 Å². The van der Waals surface area contributed by atoms with Gasteiger partial charge in [-0.15, -0.1) is 0 Å². The topological polar surface area (TPSA) is 136 Å². The number of rotatable bonds is 4. The molecular formula is C27H17ClF2N6O3. The van der Waals surface area contributed by atoms with Crippen LogP contribution in [-0.4, -0.2) is 14.5 Å². The van der Waals surface area contributed by atoms with Gasteiger partial charge in [-0.25, -0.2) is 24.0 Å². The lowest BCUT2D eigenvalue weighted by atomic mass is 10.1. The fourth-order valence-electron chi connectivity index (χ4n) is 4.52. The van der Waals surface area contributed by atoms with Crippen LogP contribution in [0, 0.1) is 11.6 Å². The van der Waals surface area contributed by atoms with Crippen molar-refractivity contribution in [3.63, 3.8) is 0 Å². The Hall–Kier alpha value is -5.00. The van der Waals surface area contributed by atoms with E-state index in [4.69, 9.17) is 27.6 Å². The molecule has 6 aromatic rings. The highest BCUT2D eigenvalue weighted by Gasteiger charge is 2.25. The molecule has 9 nitrogen and oxygen atoms in total. The van der Waals surface area contributed by atoms with E-state index in [0.717, 1.165) is 21.7 Å². The van der Waals surface area contributed by atoms with Crippen LogP contribution in [0.3, 0.4) is 0 Å². The van der Waals surface area contributed by atoms with Crippen molar-refractivity contribution in [3.8, 4) is 16.9 Å². The number of pyridine rings is 1. The molecule has 5 N–H and O–H groups in total. The van der Waals surface area contributed by atoms with Crippen molar-refractivity contribution in [1.82, 2.24) is 14.5 Å². The Morgan fingerprint density at radius 1 is 1.00 bits per heavy atom. The van der Waals surface area contributed by atoms with Crippen molar-refractivity contribution in [2.75, 3.05) is 10.7 Å². The summed E-state index contributed by atoms with van der Waals surface area (Å²) >= 11 is 6.40. The predicted molar refractivity (Wildman–Crippen MR) is 145 cm³/mol. The molecule has 0 bridgehead atoms. The molecule has 0 atom stereocenters. The van der Waals surface area contributed by atoms with Crippen LogP contribution in [-0.2, 0) is 0 Å². The Bertz CT molecular complexity index is 2050. The number of furan rings is 1. The van der Waals surface area contributed by atoms with Crippen LogP contribution >= 0.6 is 11.6 Å². The quantitative estimate of drug-likeness (QED) is 0.160. The first-order valence-electron chi connectivity index (χ1n) is 11.4. The average molecular weight is 547 g/mol. The molecule has 0 saturated carbocycles. The number of anilines is 3. The number of hydrogen-bond acceptors (Lipinski definition) is 7. The number of hydrogen-bond donors (Lipinski definition) is 3. The van der Waals surface area contributed by atoms with Crippen molar-refractivity contribution < 1.29 is 13.2 Å². The van der Waals surface area contributed by atoms with Gasteiger partial charge in [-0.05, 0) is 18.2 Å². The maximum absolute atomic E-state index is 14.2. The summed E-state index contributed by atoms with van der Waals surface area (Å²) in [5.74, 6) is 3.95. The number of nitrogen functional groups attached to an aromatic ring is 1. The number of nitrogens with zero attached hydrogens (tertiary/aromatic N) is 3. The smallest absolute Gasteiger partial charge is 0.333 e. The second kappa shape index (κ2) is 9.08. The van der Waals surface area contributed by atoms with Gasteiger partial charge in [-0.2, -0.15) is 0 Å². The molecule has 12 heteroatoms. The molecule has 0 radical (unpaired) electrons. The van der Waals surface area contributed by atoms with E-state index in [0.29, 0.717) is 27.3 Å². The summed E-state index contributed by atoms with van der Waals surface area (Å²) in [6.07, 6.45) is 4.39. The fraction of sp³-hybridized carbons (Fsp3) is 0. The Labute approximate surface area is 222 Å². The molecule has 0 aliphatic carbocycles. The molecule has 194 valence electrons. The zero-order valence-electron chi connectivity index (χ0n) is 19.8. The van der Waals surface area contributed by atoms with Gasteiger partial charge < -0.3 is 15.1 Å². The van der Waals surface area contributed by atoms with Gasteiger partial charge in [0.2, 0.25) is 0 Å². The van der Waals surface area contributed by atoms with Gasteiger partial charge in [0.25, 0.3) is 5.56 Å². The fourth-order valence-corrected chi connectivity index (χ4v) is 4.79. The molecule has 3 heterocycles. The van der Waals surface area contributed by atoms with Crippen molar-refractivity contribution >= 4 is 50.4 Å². The zero-order chi connectivity index (χ0) is 27.4. The van der Waals surface area contributed by atoms with Crippen molar-refractivity contribution in [1.29, 1.82) is 0 Å². The Morgan fingerprint density at radius 2 is 1.77 bits per heavy atom.